The first kappa shape index (κ1) is 15.7. The lowest BCUT2D eigenvalue weighted by molar-refractivity contribution is -0.131. The Balaban J connectivity index is 2.12. The third-order valence-corrected chi connectivity index (χ3v) is 3.63. The van der Waals surface area contributed by atoms with E-state index in [0.29, 0.717) is 14.7 Å². The molecule has 0 bridgehead atoms. The van der Waals surface area contributed by atoms with Gasteiger partial charge in [0.2, 0.25) is 0 Å². The summed E-state index contributed by atoms with van der Waals surface area (Å²) in [6.07, 6.45) is 1.68. The van der Waals surface area contributed by atoms with Crippen molar-refractivity contribution < 1.29 is 9.53 Å². The highest BCUT2D eigenvalue weighted by Crippen LogP contribution is 2.34. The van der Waals surface area contributed by atoms with E-state index < -0.39 is 0 Å². The van der Waals surface area contributed by atoms with Gasteiger partial charge < -0.3 is 4.74 Å². The lowest BCUT2D eigenvalue weighted by Gasteiger charge is -2.07. The van der Waals surface area contributed by atoms with E-state index in [9.17, 15) is 4.79 Å². The van der Waals surface area contributed by atoms with Crippen molar-refractivity contribution in [1.29, 1.82) is 0 Å². The summed E-state index contributed by atoms with van der Waals surface area (Å²) >= 11 is 6.75. The molecule has 4 nitrogen and oxygen atoms in total. The van der Waals surface area contributed by atoms with Crippen LogP contribution in [-0.2, 0) is 4.79 Å². The van der Waals surface area contributed by atoms with Gasteiger partial charge in [-0.15, -0.1) is 0 Å². The Morgan fingerprint density at radius 1 is 1.19 bits per heavy atom. The number of nitrogens with zero attached hydrogens (tertiary/aromatic N) is 1. The molecule has 0 fully saturated rings. The van der Waals surface area contributed by atoms with Crippen LogP contribution < -0.4 is 10.2 Å². The van der Waals surface area contributed by atoms with Crippen LogP contribution in [0.2, 0.25) is 0 Å². The maximum absolute atomic E-state index is 11.0. The molecule has 0 saturated carbocycles. The van der Waals surface area contributed by atoms with E-state index in [1.54, 1.807) is 6.21 Å². The SMILES string of the molecule is CC(=O)Oc1c(Br)cc(C=NNc2ccccc2)cc1Br. The summed E-state index contributed by atoms with van der Waals surface area (Å²) in [5.74, 6) is 0.0826. The maximum Gasteiger partial charge on any atom is 0.308 e. The third kappa shape index (κ3) is 4.68. The minimum atomic E-state index is -0.372. The highest BCUT2D eigenvalue weighted by atomic mass is 79.9. The molecule has 0 aliphatic rings. The summed E-state index contributed by atoms with van der Waals surface area (Å²) in [4.78, 5) is 11.0. The van der Waals surface area contributed by atoms with Crippen molar-refractivity contribution in [2.75, 3.05) is 5.43 Å². The number of esters is 1. The predicted molar refractivity (Wildman–Crippen MR) is 90.8 cm³/mol. The second-order valence-corrected chi connectivity index (χ2v) is 5.85. The summed E-state index contributed by atoms with van der Waals surface area (Å²) in [6, 6.07) is 13.3. The molecular formula is C15H12Br2N2O2. The number of halogens is 2. The molecule has 0 atom stereocenters. The van der Waals surface area contributed by atoms with Gasteiger partial charge in [0.05, 0.1) is 20.8 Å². The standard InChI is InChI=1S/C15H12Br2N2O2/c1-10(20)21-15-13(16)7-11(8-14(15)17)9-18-19-12-5-3-2-4-6-12/h2-9,19H,1H3. The fourth-order valence-corrected chi connectivity index (χ4v) is 2.97. The zero-order valence-electron chi connectivity index (χ0n) is 11.1. The number of hydrogen-bond acceptors (Lipinski definition) is 4. The minimum Gasteiger partial charge on any atom is -0.424 e. The monoisotopic (exact) mass is 410 g/mol. The molecule has 0 spiro atoms. The number of ether oxygens (including phenoxy) is 1. The van der Waals surface area contributed by atoms with Crippen LogP contribution in [0.3, 0.4) is 0 Å². The number of benzene rings is 2. The van der Waals surface area contributed by atoms with Crippen molar-refractivity contribution >= 4 is 49.7 Å². The zero-order chi connectivity index (χ0) is 15.2. The topological polar surface area (TPSA) is 50.7 Å². The van der Waals surface area contributed by atoms with E-state index in [2.05, 4.69) is 42.4 Å². The molecule has 0 saturated heterocycles. The van der Waals surface area contributed by atoms with Crippen LogP contribution in [0.25, 0.3) is 0 Å². The second kappa shape index (κ2) is 7.38. The lowest BCUT2D eigenvalue weighted by atomic mass is 10.2. The fraction of sp³-hybridized carbons (Fsp3) is 0.0667. The van der Waals surface area contributed by atoms with Crippen molar-refractivity contribution in [2.24, 2.45) is 5.10 Å². The molecule has 1 N–H and O–H groups in total. The minimum absolute atomic E-state index is 0.372. The van der Waals surface area contributed by atoms with Gasteiger partial charge in [-0.25, -0.2) is 0 Å². The van der Waals surface area contributed by atoms with Crippen molar-refractivity contribution in [2.45, 2.75) is 6.92 Å². The summed E-state index contributed by atoms with van der Waals surface area (Å²) in [7, 11) is 0. The normalized spacial score (nSPS) is 10.6. The molecule has 0 aromatic heterocycles. The van der Waals surface area contributed by atoms with E-state index in [4.69, 9.17) is 4.74 Å². The van der Waals surface area contributed by atoms with E-state index in [-0.39, 0.29) is 5.97 Å². The van der Waals surface area contributed by atoms with E-state index in [1.165, 1.54) is 6.92 Å². The molecule has 0 unspecified atom stereocenters. The Bertz CT molecular complexity index is 650. The van der Waals surface area contributed by atoms with Crippen LogP contribution in [0.1, 0.15) is 12.5 Å². The van der Waals surface area contributed by atoms with Gasteiger partial charge in [0.25, 0.3) is 0 Å². The first-order valence-electron chi connectivity index (χ1n) is 6.08. The first-order chi connectivity index (χ1) is 10.1. The molecule has 2 aromatic carbocycles. The first-order valence-corrected chi connectivity index (χ1v) is 7.66. The summed E-state index contributed by atoms with van der Waals surface area (Å²) < 4.78 is 6.46. The lowest BCUT2D eigenvalue weighted by Crippen LogP contribution is -2.03. The average Bonchev–Trinajstić information content (AvgIpc) is 2.44. The zero-order valence-corrected chi connectivity index (χ0v) is 14.3. The van der Waals surface area contributed by atoms with Gasteiger partial charge in [0.1, 0.15) is 0 Å². The highest BCUT2D eigenvalue weighted by Gasteiger charge is 2.10. The number of carbonyl (C=O) groups excluding carboxylic acids is 1. The van der Waals surface area contributed by atoms with E-state index in [0.717, 1.165) is 11.3 Å². The molecule has 0 aliphatic heterocycles. The molecule has 21 heavy (non-hydrogen) atoms. The summed E-state index contributed by atoms with van der Waals surface area (Å²) in [5.41, 5.74) is 4.69. The van der Waals surface area contributed by atoms with Gasteiger partial charge in [-0.1, -0.05) is 18.2 Å². The number of anilines is 1. The van der Waals surface area contributed by atoms with Crippen LogP contribution in [0, 0.1) is 0 Å². The van der Waals surface area contributed by atoms with Gasteiger partial charge in [-0.05, 0) is 61.7 Å². The van der Waals surface area contributed by atoms with Crippen LogP contribution in [0.4, 0.5) is 5.69 Å². The Hall–Kier alpha value is -1.66. The molecule has 6 heteroatoms. The maximum atomic E-state index is 11.0. The van der Waals surface area contributed by atoms with Crippen molar-refractivity contribution in [3.05, 3.63) is 57.0 Å². The Morgan fingerprint density at radius 3 is 2.38 bits per heavy atom. The molecule has 0 aliphatic carbocycles. The van der Waals surface area contributed by atoms with Crippen LogP contribution >= 0.6 is 31.9 Å². The van der Waals surface area contributed by atoms with Gasteiger partial charge in [-0.3, -0.25) is 10.2 Å². The van der Waals surface area contributed by atoms with Crippen LogP contribution in [0.15, 0.2) is 56.5 Å². The molecule has 2 aromatic rings. The van der Waals surface area contributed by atoms with Crippen molar-refractivity contribution in [3.8, 4) is 5.75 Å². The van der Waals surface area contributed by atoms with Crippen molar-refractivity contribution in [1.82, 2.24) is 0 Å². The van der Waals surface area contributed by atoms with Gasteiger partial charge in [0.15, 0.2) is 5.75 Å². The van der Waals surface area contributed by atoms with Crippen molar-refractivity contribution in [3.63, 3.8) is 0 Å². The fourth-order valence-electron chi connectivity index (χ4n) is 1.59. The summed E-state index contributed by atoms with van der Waals surface area (Å²) in [5, 5.41) is 4.16. The smallest absolute Gasteiger partial charge is 0.308 e. The summed E-state index contributed by atoms with van der Waals surface area (Å²) in [6.45, 7) is 1.36. The second-order valence-electron chi connectivity index (χ2n) is 4.14. The molecule has 2 rings (SSSR count). The average molecular weight is 412 g/mol. The molecule has 0 amide bonds. The number of hydrogen-bond donors (Lipinski definition) is 1. The number of para-hydroxylation sites is 1. The number of nitrogens with one attached hydrogen (secondary N) is 1. The molecule has 0 radical (unpaired) electrons. The number of hydrazone groups is 1. The van der Waals surface area contributed by atoms with Gasteiger partial charge in [-0.2, -0.15) is 5.10 Å². The molecule has 108 valence electrons. The Labute approximate surface area is 139 Å². The van der Waals surface area contributed by atoms with Crippen LogP contribution in [-0.4, -0.2) is 12.2 Å². The number of carbonyl (C=O) groups is 1. The third-order valence-electron chi connectivity index (χ3n) is 2.45. The Kier molecular flexibility index (Phi) is 5.52. The largest absolute Gasteiger partial charge is 0.424 e. The van der Waals surface area contributed by atoms with Gasteiger partial charge >= 0.3 is 5.97 Å². The Morgan fingerprint density at radius 2 is 1.81 bits per heavy atom. The van der Waals surface area contributed by atoms with E-state index in [1.807, 2.05) is 42.5 Å². The van der Waals surface area contributed by atoms with Gasteiger partial charge in [0, 0.05) is 6.92 Å². The molecule has 0 heterocycles. The predicted octanol–water partition coefficient (Wildman–Crippen LogP) is 4.58. The highest BCUT2D eigenvalue weighted by molar-refractivity contribution is 9.11. The van der Waals surface area contributed by atoms with Crippen LogP contribution in [0.5, 0.6) is 5.75 Å². The molecular weight excluding hydrogens is 400 g/mol. The number of rotatable bonds is 4. The van der Waals surface area contributed by atoms with E-state index >= 15 is 0 Å². The quantitative estimate of drug-likeness (QED) is 0.346.